The number of rotatable bonds is 6. The van der Waals surface area contributed by atoms with Crippen molar-refractivity contribution in [3.05, 3.63) is 60.2 Å². The molecule has 0 saturated carbocycles. The molecular formula is C18H19NO4. The number of carbonyl (C=O) groups is 1. The Labute approximate surface area is 135 Å². The van der Waals surface area contributed by atoms with E-state index in [1.807, 2.05) is 54.6 Å². The Morgan fingerprint density at radius 1 is 1.04 bits per heavy atom. The summed E-state index contributed by atoms with van der Waals surface area (Å²) in [5, 5.41) is 9.19. The highest BCUT2D eigenvalue weighted by Gasteiger charge is 2.49. The van der Waals surface area contributed by atoms with E-state index in [0.29, 0.717) is 12.3 Å². The minimum Gasteiger partial charge on any atom is -0.497 e. The lowest BCUT2D eigenvalue weighted by molar-refractivity contribution is -0.165. The second-order valence-electron chi connectivity index (χ2n) is 5.32. The number of nitrogens with zero attached hydrogens (tertiary/aromatic N) is 1. The molecule has 1 aliphatic heterocycles. The molecule has 1 saturated heterocycles. The van der Waals surface area contributed by atoms with Crippen LogP contribution >= 0.6 is 0 Å². The molecule has 5 nitrogen and oxygen atoms in total. The van der Waals surface area contributed by atoms with Gasteiger partial charge in [-0.3, -0.25) is 4.79 Å². The number of hydrogen-bond donors (Lipinski definition) is 1. The first-order valence-corrected chi connectivity index (χ1v) is 7.51. The molecule has 2 aromatic rings. The van der Waals surface area contributed by atoms with E-state index in [2.05, 4.69) is 0 Å². The molecule has 3 rings (SSSR count). The van der Waals surface area contributed by atoms with E-state index in [0.717, 1.165) is 11.3 Å². The molecule has 0 aromatic heterocycles. The van der Waals surface area contributed by atoms with Gasteiger partial charge in [0.25, 0.3) is 5.91 Å². The number of benzene rings is 2. The van der Waals surface area contributed by atoms with Gasteiger partial charge in [0.2, 0.25) is 6.10 Å². The van der Waals surface area contributed by atoms with Gasteiger partial charge in [-0.2, -0.15) is 0 Å². The molecule has 2 aromatic carbocycles. The van der Waals surface area contributed by atoms with Crippen molar-refractivity contribution in [1.82, 2.24) is 4.90 Å². The predicted octanol–water partition coefficient (Wildman–Crippen LogP) is 2.02. The highest BCUT2D eigenvalue weighted by Crippen LogP contribution is 2.37. The SMILES string of the molecule is COc1ccc(C2C(Oc3ccccc3)C(=O)N2CCO)cc1. The number of methoxy groups -OCH3 is 1. The van der Waals surface area contributed by atoms with Crippen LogP contribution in [0.4, 0.5) is 0 Å². The van der Waals surface area contributed by atoms with Crippen LogP contribution in [-0.4, -0.2) is 42.3 Å². The molecular weight excluding hydrogens is 294 g/mol. The fourth-order valence-corrected chi connectivity index (χ4v) is 2.79. The molecule has 2 unspecified atom stereocenters. The highest BCUT2D eigenvalue weighted by molar-refractivity contribution is 5.89. The van der Waals surface area contributed by atoms with Gasteiger partial charge >= 0.3 is 0 Å². The Morgan fingerprint density at radius 3 is 2.35 bits per heavy atom. The van der Waals surface area contributed by atoms with Crippen molar-refractivity contribution in [2.45, 2.75) is 12.1 Å². The molecule has 0 bridgehead atoms. The maximum Gasteiger partial charge on any atom is 0.266 e. The molecule has 1 amide bonds. The largest absolute Gasteiger partial charge is 0.497 e. The monoisotopic (exact) mass is 313 g/mol. The molecule has 0 aliphatic carbocycles. The number of para-hydroxylation sites is 1. The third-order valence-corrected chi connectivity index (χ3v) is 3.95. The summed E-state index contributed by atoms with van der Waals surface area (Å²) in [5.41, 5.74) is 0.958. The van der Waals surface area contributed by atoms with E-state index in [9.17, 15) is 9.90 Å². The van der Waals surface area contributed by atoms with Crippen LogP contribution in [0.2, 0.25) is 0 Å². The number of aliphatic hydroxyl groups is 1. The average molecular weight is 313 g/mol. The lowest BCUT2D eigenvalue weighted by Gasteiger charge is -2.46. The van der Waals surface area contributed by atoms with Crippen molar-refractivity contribution in [2.75, 3.05) is 20.3 Å². The zero-order chi connectivity index (χ0) is 16.2. The third kappa shape index (κ3) is 3.00. The van der Waals surface area contributed by atoms with Crippen LogP contribution in [0.3, 0.4) is 0 Å². The van der Waals surface area contributed by atoms with Crippen LogP contribution in [0, 0.1) is 0 Å². The summed E-state index contributed by atoms with van der Waals surface area (Å²) in [6, 6.07) is 16.6. The van der Waals surface area contributed by atoms with Gasteiger partial charge in [-0.05, 0) is 29.8 Å². The summed E-state index contributed by atoms with van der Waals surface area (Å²) in [6.07, 6.45) is -0.572. The summed E-state index contributed by atoms with van der Waals surface area (Å²) >= 11 is 0. The Hall–Kier alpha value is -2.53. The van der Waals surface area contributed by atoms with Gasteiger partial charge in [-0.15, -0.1) is 0 Å². The first-order valence-electron chi connectivity index (χ1n) is 7.51. The molecule has 1 fully saturated rings. The first-order chi connectivity index (χ1) is 11.2. The summed E-state index contributed by atoms with van der Waals surface area (Å²) in [5.74, 6) is 1.31. The molecule has 1 N–H and O–H groups in total. The van der Waals surface area contributed by atoms with Gasteiger partial charge < -0.3 is 19.5 Å². The molecule has 2 atom stereocenters. The van der Waals surface area contributed by atoms with E-state index in [-0.39, 0.29) is 18.6 Å². The Kier molecular flexibility index (Phi) is 4.48. The van der Waals surface area contributed by atoms with Crippen LogP contribution in [0.1, 0.15) is 11.6 Å². The lowest BCUT2D eigenvalue weighted by Crippen LogP contribution is -2.61. The van der Waals surface area contributed by atoms with Crippen LogP contribution in [0.15, 0.2) is 54.6 Å². The smallest absolute Gasteiger partial charge is 0.266 e. The molecule has 0 spiro atoms. The maximum atomic E-state index is 12.3. The van der Waals surface area contributed by atoms with Gasteiger partial charge in [-0.25, -0.2) is 0 Å². The van der Waals surface area contributed by atoms with Gasteiger partial charge in [0.05, 0.1) is 13.7 Å². The minimum absolute atomic E-state index is 0.0730. The van der Waals surface area contributed by atoms with Crippen molar-refractivity contribution in [2.24, 2.45) is 0 Å². The van der Waals surface area contributed by atoms with E-state index in [4.69, 9.17) is 9.47 Å². The highest BCUT2D eigenvalue weighted by atomic mass is 16.5. The van der Waals surface area contributed by atoms with Gasteiger partial charge in [-0.1, -0.05) is 30.3 Å². The Balaban J connectivity index is 1.83. The number of likely N-dealkylation sites (tertiary alicyclic amines) is 1. The summed E-state index contributed by atoms with van der Waals surface area (Å²) < 4.78 is 11.0. The number of aliphatic hydroxyl groups excluding tert-OH is 1. The number of β-lactam (4-membered cyclic amide) rings is 1. The normalized spacial score (nSPS) is 20.1. The van der Waals surface area contributed by atoms with Crippen molar-refractivity contribution < 1.29 is 19.4 Å². The van der Waals surface area contributed by atoms with Crippen LogP contribution in [0.5, 0.6) is 11.5 Å². The minimum atomic E-state index is -0.572. The zero-order valence-electron chi connectivity index (χ0n) is 12.9. The Bertz CT molecular complexity index is 656. The summed E-state index contributed by atoms with van der Waals surface area (Å²) in [6.45, 7) is 0.223. The summed E-state index contributed by atoms with van der Waals surface area (Å²) in [7, 11) is 1.61. The number of β-amino-alcohol motifs (C(OH)–C–C–N with tert-alkyl or cyclic N) is 1. The third-order valence-electron chi connectivity index (χ3n) is 3.95. The fraction of sp³-hybridized carbons (Fsp3) is 0.278. The standard InChI is InChI=1S/C18H19NO4/c1-22-14-9-7-13(8-10-14)16-17(18(21)19(16)11-12-20)23-15-5-3-2-4-6-15/h2-10,16-17,20H,11-12H2,1H3. The fourth-order valence-electron chi connectivity index (χ4n) is 2.79. The second kappa shape index (κ2) is 6.71. The van der Waals surface area contributed by atoms with Crippen LogP contribution < -0.4 is 9.47 Å². The molecule has 0 radical (unpaired) electrons. The van der Waals surface area contributed by atoms with Crippen molar-refractivity contribution in [1.29, 1.82) is 0 Å². The predicted molar refractivity (Wildman–Crippen MR) is 85.4 cm³/mol. The molecule has 120 valence electrons. The van der Waals surface area contributed by atoms with Gasteiger partial charge in [0.15, 0.2) is 0 Å². The molecule has 23 heavy (non-hydrogen) atoms. The van der Waals surface area contributed by atoms with E-state index in [1.165, 1.54) is 0 Å². The zero-order valence-corrected chi connectivity index (χ0v) is 12.9. The van der Waals surface area contributed by atoms with Gasteiger partial charge in [0, 0.05) is 6.54 Å². The maximum absolute atomic E-state index is 12.3. The van der Waals surface area contributed by atoms with Crippen molar-refractivity contribution in [3.63, 3.8) is 0 Å². The van der Waals surface area contributed by atoms with E-state index in [1.54, 1.807) is 12.0 Å². The number of amides is 1. The molecule has 1 heterocycles. The van der Waals surface area contributed by atoms with Crippen molar-refractivity contribution >= 4 is 5.91 Å². The van der Waals surface area contributed by atoms with Crippen LogP contribution in [-0.2, 0) is 4.79 Å². The first kappa shape index (κ1) is 15.4. The molecule has 1 aliphatic rings. The van der Waals surface area contributed by atoms with Crippen molar-refractivity contribution in [3.8, 4) is 11.5 Å². The average Bonchev–Trinajstić information content (AvgIpc) is 2.61. The van der Waals surface area contributed by atoms with Gasteiger partial charge in [0.1, 0.15) is 17.5 Å². The van der Waals surface area contributed by atoms with Crippen LogP contribution in [0.25, 0.3) is 0 Å². The topological polar surface area (TPSA) is 59.0 Å². The number of ether oxygens (including phenoxy) is 2. The summed E-state index contributed by atoms with van der Waals surface area (Å²) in [4.78, 5) is 14.0. The molecule has 5 heteroatoms. The lowest BCUT2D eigenvalue weighted by atomic mass is 9.90. The number of hydrogen-bond acceptors (Lipinski definition) is 4. The quantitative estimate of drug-likeness (QED) is 0.829. The van der Waals surface area contributed by atoms with E-state index >= 15 is 0 Å². The second-order valence-corrected chi connectivity index (χ2v) is 5.32. The Morgan fingerprint density at radius 2 is 1.74 bits per heavy atom. The van der Waals surface area contributed by atoms with E-state index < -0.39 is 6.10 Å². The number of carbonyl (C=O) groups excluding carboxylic acids is 1.